The van der Waals surface area contributed by atoms with Gasteiger partial charge in [-0.15, -0.1) is 0 Å². The highest BCUT2D eigenvalue weighted by atomic mass is 31.2. The summed E-state index contributed by atoms with van der Waals surface area (Å²) in [6.07, 6.45) is -9.39. The van der Waals surface area contributed by atoms with Gasteiger partial charge in [0.1, 0.15) is 24.9 Å². The molecule has 7 N–H and O–H groups in total. The van der Waals surface area contributed by atoms with E-state index < -0.39 is 44.8 Å². The molecule has 0 radical (unpaired) electrons. The lowest BCUT2D eigenvalue weighted by atomic mass is 10.0. The predicted octanol–water partition coefficient (Wildman–Crippen LogP) is -3.94. The first-order valence-corrected chi connectivity index (χ1v) is 5.73. The summed E-state index contributed by atoms with van der Waals surface area (Å²) in [5.41, 5.74) is 0. The molecule has 0 aromatic carbocycles. The van der Waals surface area contributed by atoms with Crippen LogP contribution in [-0.2, 0) is 13.9 Å². The zero-order valence-corrected chi connectivity index (χ0v) is 9.21. The molecule has 0 heterocycles. The molecule has 0 saturated carbocycles. The maximum absolute atomic E-state index is 10.7. The molecule has 10 nitrogen and oxygen atoms in total. The molecule has 0 aliphatic heterocycles. The van der Waals surface area contributed by atoms with E-state index in [-0.39, 0.29) is 0 Å². The third-order valence-electron chi connectivity index (χ3n) is 1.70. The van der Waals surface area contributed by atoms with Crippen LogP contribution in [0, 0.1) is 0 Å². The predicted molar refractivity (Wildman–Crippen MR) is 49.2 cm³/mol. The fourth-order valence-corrected chi connectivity index (χ4v) is 1.25. The summed E-state index contributed by atoms with van der Waals surface area (Å²) in [4.78, 5) is 27.3. The molecule has 0 amide bonds. The molecule has 4 atom stereocenters. The maximum atomic E-state index is 10.7. The number of Topliss-reactive ketones (excluding diaryl/α,β-unsaturated/α-hetero) is 1. The van der Waals surface area contributed by atoms with Crippen LogP contribution in [0.4, 0.5) is 0 Å². The van der Waals surface area contributed by atoms with Crippen LogP contribution >= 0.6 is 7.82 Å². The number of hydrogen-bond acceptors (Lipinski definition) is 8. The average molecular weight is 276 g/mol. The van der Waals surface area contributed by atoms with Crippen molar-refractivity contribution >= 4 is 13.6 Å². The maximum Gasteiger partial charge on any atom is 0.472 e. The third kappa shape index (κ3) is 5.64. The number of rotatable bonds is 7. The van der Waals surface area contributed by atoms with Crippen LogP contribution in [0.1, 0.15) is 0 Å². The van der Waals surface area contributed by atoms with E-state index in [1.54, 1.807) is 0 Å². The number of carbonyl (C=O) groups is 1. The molecule has 0 aliphatic rings. The number of phosphoric acid groups is 1. The van der Waals surface area contributed by atoms with Crippen molar-refractivity contribution in [1.82, 2.24) is 0 Å². The summed E-state index contributed by atoms with van der Waals surface area (Å²) >= 11 is 0. The SMILES string of the molecule is O=C(CO)[C@@H](O)[C@@H](O)[C@@H](O)[C@H](O)OP(=O)(O)O. The van der Waals surface area contributed by atoms with Gasteiger partial charge < -0.3 is 35.3 Å². The minimum atomic E-state index is -5.11. The Kier molecular flexibility index (Phi) is 6.34. The zero-order chi connectivity index (χ0) is 13.8. The molecule has 17 heavy (non-hydrogen) atoms. The van der Waals surface area contributed by atoms with Crippen molar-refractivity contribution in [1.29, 1.82) is 0 Å². The number of hydrogen-bond donors (Lipinski definition) is 7. The summed E-state index contributed by atoms with van der Waals surface area (Å²) < 4.78 is 13.9. The van der Waals surface area contributed by atoms with Gasteiger partial charge in [0.05, 0.1) is 0 Å². The number of carbonyl (C=O) groups excluding carboxylic acids is 1. The van der Waals surface area contributed by atoms with Crippen molar-refractivity contribution in [2.45, 2.75) is 24.6 Å². The van der Waals surface area contributed by atoms with E-state index >= 15 is 0 Å². The molecule has 0 spiro atoms. The van der Waals surface area contributed by atoms with Crippen molar-refractivity contribution in [3.05, 3.63) is 0 Å². The monoisotopic (exact) mass is 276 g/mol. The quantitative estimate of drug-likeness (QED) is 0.179. The summed E-state index contributed by atoms with van der Waals surface area (Å²) in [6, 6.07) is 0. The van der Waals surface area contributed by atoms with Gasteiger partial charge in [-0.1, -0.05) is 0 Å². The number of aliphatic hydroxyl groups is 5. The Bertz CT molecular complexity index is 299. The smallest absolute Gasteiger partial charge is 0.388 e. The van der Waals surface area contributed by atoms with Crippen LogP contribution in [0.2, 0.25) is 0 Å². The average Bonchev–Trinajstić information content (AvgIpc) is 2.22. The highest BCUT2D eigenvalue weighted by Crippen LogP contribution is 2.37. The minimum absolute atomic E-state index is 1.12. The Morgan fingerprint density at radius 3 is 1.94 bits per heavy atom. The molecule has 0 unspecified atom stereocenters. The van der Waals surface area contributed by atoms with Crippen LogP contribution in [-0.4, -0.2) is 72.3 Å². The molecule has 0 saturated heterocycles. The van der Waals surface area contributed by atoms with Crippen LogP contribution < -0.4 is 0 Å². The van der Waals surface area contributed by atoms with E-state index in [4.69, 9.17) is 35.3 Å². The summed E-state index contributed by atoms with van der Waals surface area (Å²) in [5, 5.41) is 44.5. The van der Waals surface area contributed by atoms with E-state index in [1.165, 1.54) is 0 Å². The molecule has 102 valence electrons. The van der Waals surface area contributed by atoms with E-state index in [9.17, 15) is 9.36 Å². The van der Waals surface area contributed by atoms with E-state index in [2.05, 4.69) is 4.52 Å². The number of ketones is 1. The Balaban J connectivity index is 4.53. The Morgan fingerprint density at radius 1 is 1.12 bits per heavy atom. The summed E-state index contributed by atoms with van der Waals surface area (Å²) in [7, 11) is -5.11. The van der Waals surface area contributed by atoms with Crippen molar-refractivity contribution in [3.8, 4) is 0 Å². The van der Waals surface area contributed by atoms with Crippen LogP contribution in [0.15, 0.2) is 0 Å². The lowest BCUT2D eigenvalue weighted by Crippen LogP contribution is -2.48. The number of aliphatic hydroxyl groups excluding tert-OH is 5. The summed E-state index contributed by atoms with van der Waals surface area (Å²) in [5.74, 6) is -1.25. The summed E-state index contributed by atoms with van der Waals surface area (Å²) in [6.45, 7) is -1.12. The van der Waals surface area contributed by atoms with Crippen LogP contribution in [0.3, 0.4) is 0 Å². The van der Waals surface area contributed by atoms with E-state index in [0.717, 1.165) is 0 Å². The Hall–Kier alpha value is -0.420. The van der Waals surface area contributed by atoms with Gasteiger partial charge in [0.2, 0.25) is 0 Å². The van der Waals surface area contributed by atoms with Crippen LogP contribution in [0.5, 0.6) is 0 Å². The first-order valence-electron chi connectivity index (χ1n) is 4.20. The Morgan fingerprint density at radius 2 is 1.59 bits per heavy atom. The standard InChI is InChI=1S/C6H13O10P/c7-1-2(8)3(9)4(10)5(11)6(12)16-17(13,14)15/h3-7,9-12H,1H2,(H2,13,14,15)/t3-,4-,5-,6-/m1/s1. The third-order valence-corrected chi connectivity index (χ3v) is 2.19. The van der Waals surface area contributed by atoms with Crippen molar-refractivity contribution in [2.24, 2.45) is 0 Å². The lowest BCUT2D eigenvalue weighted by molar-refractivity contribution is -0.175. The van der Waals surface area contributed by atoms with Gasteiger partial charge in [-0.05, 0) is 0 Å². The van der Waals surface area contributed by atoms with Gasteiger partial charge in [-0.2, -0.15) is 0 Å². The highest BCUT2D eigenvalue weighted by Gasteiger charge is 2.37. The number of phosphoric ester groups is 1. The van der Waals surface area contributed by atoms with Gasteiger partial charge in [-0.3, -0.25) is 9.32 Å². The molecule has 0 aliphatic carbocycles. The van der Waals surface area contributed by atoms with E-state index in [0.29, 0.717) is 0 Å². The van der Waals surface area contributed by atoms with Gasteiger partial charge >= 0.3 is 7.82 Å². The molecule has 0 aromatic heterocycles. The molecular formula is C6H13O10P. The van der Waals surface area contributed by atoms with Crippen molar-refractivity contribution < 1.29 is 49.2 Å². The van der Waals surface area contributed by atoms with Gasteiger partial charge in [-0.25, -0.2) is 4.57 Å². The molecule has 0 aromatic rings. The van der Waals surface area contributed by atoms with Crippen molar-refractivity contribution in [3.63, 3.8) is 0 Å². The van der Waals surface area contributed by atoms with Crippen molar-refractivity contribution in [2.75, 3.05) is 6.61 Å². The Labute approximate surface area is 94.9 Å². The zero-order valence-electron chi connectivity index (χ0n) is 8.32. The molecular weight excluding hydrogens is 263 g/mol. The topological polar surface area (TPSA) is 185 Å². The first-order chi connectivity index (χ1) is 7.60. The lowest BCUT2D eigenvalue weighted by Gasteiger charge is -2.25. The second-order valence-electron chi connectivity index (χ2n) is 3.04. The normalized spacial score (nSPS) is 19.5. The first kappa shape index (κ1) is 16.6. The molecule has 0 fully saturated rings. The highest BCUT2D eigenvalue weighted by molar-refractivity contribution is 7.46. The minimum Gasteiger partial charge on any atom is -0.388 e. The van der Waals surface area contributed by atoms with Gasteiger partial charge in [0, 0.05) is 0 Å². The molecule has 11 heteroatoms. The van der Waals surface area contributed by atoms with Gasteiger partial charge in [0.25, 0.3) is 0 Å². The van der Waals surface area contributed by atoms with E-state index in [1.807, 2.05) is 0 Å². The molecule has 0 rings (SSSR count). The molecule has 0 bridgehead atoms. The second-order valence-corrected chi connectivity index (χ2v) is 4.23. The second kappa shape index (κ2) is 6.50. The van der Waals surface area contributed by atoms with Crippen LogP contribution in [0.25, 0.3) is 0 Å². The van der Waals surface area contributed by atoms with Gasteiger partial charge in [0.15, 0.2) is 12.1 Å². The fraction of sp³-hybridized carbons (Fsp3) is 0.833. The fourth-order valence-electron chi connectivity index (χ4n) is 0.842. The largest absolute Gasteiger partial charge is 0.472 e.